The van der Waals surface area contributed by atoms with Crippen molar-refractivity contribution in [2.45, 2.75) is 11.8 Å². The highest BCUT2D eigenvalue weighted by Crippen LogP contribution is 2.51. The second kappa shape index (κ2) is 12.7. The molecular weight excluding hydrogens is 687 g/mol. The van der Waals surface area contributed by atoms with Gasteiger partial charge in [-0.05, 0) is 108 Å². The predicted molar refractivity (Wildman–Crippen MR) is 237 cm³/mol. The first-order valence-corrected chi connectivity index (χ1v) is 20.0. The maximum Gasteiger partial charge on any atom is 0.0541 e. The number of para-hydroxylation sites is 2. The SMILES string of the molecule is c1ccc(-c2cc(-c3cccc(C4c5ccccc5-c5cc(-n6c7ccccc7c7ccccc76)ccc54)c3)cc(C3c4ccccc4-c4ccccc43)c2)cc1. The largest absolute Gasteiger partial charge is 0.309 e. The van der Waals surface area contributed by atoms with Crippen molar-refractivity contribution in [1.29, 1.82) is 0 Å². The summed E-state index contributed by atoms with van der Waals surface area (Å²) in [6, 6.07) is 79.0. The summed E-state index contributed by atoms with van der Waals surface area (Å²) in [5.41, 5.74) is 22.0. The lowest BCUT2D eigenvalue weighted by molar-refractivity contribution is 1.01. The molecule has 0 aliphatic heterocycles. The lowest BCUT2D eigenvalue weighted by Gasteiger charge is -2.19. The molecule has 57 heavy (non-hydrogen) atoms. The molecule has 1 nitrogen and oxygen atoms in total. The summed E-state index contributed by atoms with van der Waals surface area (Å²) in [6.45, 7) is 0. The van der Waals surface area contributed by atoms with Crippen molar-refractivity contribution in [3.63, 3.8) is 0 Å². The van der Waals surface area contributed by atoms with Gasteiger partial charge in [0.1, 0.15) is 0 Å². The third-order valence-electron chi connectivity index (χ3n) is 12.5. The molecule has 0 saturated carbocycles. The van der Waals surface area contributed by atoms with Gasteiger partial charge in [0.15, 0.2) is 0 Å². The van der Waals surface area contributed by atoms with Crippen molar-refractivity contribution in [3.8, 4) is 50.2 Å². The first-order valence-electron chi connectivity index (χ1n) is 20.0. The highest BCUT2D eigenvalue weighted by Gasteiger charge is 2.32. The highest BCUT2D eigenvalue weighted by atomic mass is 15.0. The summed E-state index contributed by atoms with van der Waals surface area (Å²) < 4.78 is 2.43. The minimum absolute atomic E-state index is 0.133. The first kappa shape index (κ1) is 32.1. The predicted octanol–water partition coefficient (Wildman–Crippen LogP) is 14.4. The summed E-state index contributed by atoms with van der Waals surface area (Å²) in [4.78, 5) is 0. The van der Waals surface area contributed by atoms with E-state index in [0.29, 0.717) is 0 Å². The molecule has 0 bridgehead atoms. The fraction of sp³-hybridized carbons (Fsp3) is 0.0357. The molecular formula is C56H37N. The maximum absolute atomic E-state index is 2.45. The Labute approximate surface area is 332 Å². The molecule has 266 valence electrons. The van der Waals surface area contributed by atoms with Gasteiger partial charge in [-0.25, -0.2) is 0 Å². The zero-order chi connectivity index (χ0) is 37.5. The maximum atomic E-state index is 2.45. The average molecular weight is 724 g/mol. The van der Waals surface area contributed by atoms with Gasteiger partial charge < -0.3 is 4.57 Å². The van der Waals surface area contributed by atoms with Gasteiger partial charge >= 0.3 is 0 Å². The molecule has 0 fully saturated rings. The summed E-state index contributed by atoms with van der Waals surface area (Å²) in [6.07, 6.45) is 0. The van der Waals surface area contributed by atoms with Crippen LogP contribution >= 0.6 is 0 Å². The molecule has 1 aromatic heterocycles. The van der Waals surface area contributed by atoms with Crippen LogP contribution in [0.25, 0.3) is 72.0 Å². The van der Waals surface area contributed by atoms with Crippen LogP contribution in [-0.4, -0.2) is 4.57 Å². The van der Waals surface area contributed by atoms with E-state index in [4.69, 9.17) is 0 Å². The first-order chi connectivity index (χ1) is 28.3. The Hall–Kier alpha value is -7.22. The second-order valence-corrected chi connectivity index (χ2v) is 15.6. The highest BCUT2D eigenvalue weighted by molar-refractivity contribution is 6.09. The molecule has 1 unspecified atom stereocenters. The van der Waals surface area contributed by atoms with Gasteiger partial charge in [0.05, 0.1) is 11.0 Å². The molecule has 1 heteroatoms. The van der Waals surface area contributed by atoms with Crippen LogP contribution in [0, 0.1) is 0 Å². The van der Waals surface area contributed by atoms with Crippen molar-refractivity contribution >= 4 is 21.8 Å². The number of rotatable bonds is 5. The van der Waals surface area contributed by atoms with E-state index in [9.17, 15) is 0 Å². The van der Waals surface area contributed by atoms with Gasteiger partial charge in [0, 0.05) is 28.3 Å². The quantitative estimate of drug-likeness (QED) is 0.167. The Morgan fingerprint density at radius 2 is 0.754 bits per heavy atom. The van der Waals surface area contributed by atoms with Crippen LogP contribution in [0.1, 0.15) is 45.2 Å². The van der Waals surface area contributed by atoms with Gasteiger partial charge in [-0.15, -0.1) is 0 Å². The summed E-state index contributed by atoms with van der Waals surface area (Å²) >= 11 is 0. The monoisotopic (exact) mass is 723 g/mol. The van der Waals surface area contributed by atoms with Crippen LogP contribution in [0.4, 0.5) is 0 Å². The van der Waals surface area contributed by atoms with Crippen LogP contribution in [0.3, 0.4) is 0 Å². The molecule has 0 saturated heterocycles. The molecule has 2 aliphatic rings. The third kappa shape index (κ3) is 4.95. The fourth-order valence-corrected chi connectivity index (χ4v) is 10.1. The van der Waals surface area contributed by atoms with Gasteiger partial charge in [-0.1, -0.05) is 182 Å². The normalized spacial score (nSPS) is 14.1. The van der Waals surface area contributed by atoms with E-state index in [2.05, 4.69) is 217 Å². The Bertz CT molecular complexity index is 3100. The molecule has 0 amide bonds. The fourth-order valence-electron chi connectivity index (χ4n) is 10.1. The molecule has 10 aromatic rings. The van der Waals surface area contributed by atoms with E-state index in [0.717, 1.165) is 0 Å². The molecule has 0 radical (unpaired) electrons. The molecule has 0 spiro atoms. The minimum atomic E-state index is 0.133. The zero-order valence-electron chi connectivity index (χ0n) is 31.3. The van der Waals surface area contributed by atoms with E-state index >= 15 is 0 Å². The van der Waals surface area contributed by atoms with Crippen molar-refractivity contribution < 1.29 is 0 Å². The van der Waals surface area contributed by atoms with Crippen LogP contribution < -0.4 is 0 Å². The van der Waals surface area contributed by atoms with Gasteiger partial charge in [-0.2, -0.15) is 0 Å². The Morgan fingerprint density at radius 3 is 1.40 bits per heavy atom. The standard InChI is InChI=1S/C56H37N/c1-2-15-36(16-3-1)39-32-40(34-41(33-39)56-48-24-7-4-19-43(48)44-20-5-8-25-49(44)56)37-17-14-18-38(31-37)55-50-26-9-6-21-45(50)52-35-42(29-30-51(52)55)57-53-27-12-10-22-46(53)47-23-11-13-28-54(47)57/h1-35,55-56H. The Balaban J connectivity index is 1.01. The number of fused-ring (bicyclic) bond motifs is 9. The van der Waals surface area contributed by atoms with E-state index in [1.54, 1.807) is 0 Å². The number of nitrogens with zero attached hydrogens (tertiary/aromatic N) is 1. The zero-order valence-corrected chi connectivity index (χ0v) is 31.3. The number of hydrogen-bond donors (Lipinski definition) is 0. The molecule has 0 N–H and O–H groups in total. The van der Waals surface area contributed by atoms with E-state index < -0.39 is 0 Å². The van der Waals surface area contributed by atoms with Crippen molar-refractivity contribution in [3.05, 3.63) is 246 Å². The Morgan fingerprint density at radius 1 is 0.281 bits per heavy atom. The van der Waals surface area contributed by atoms with Gasteiger partial charge in [0.25, 0.3) is 0 Å². The molecule has 12 rings (SSSR count). The van der Waals surface area contributed by atoms with E-state index in [-0.39, 0.29) is 11.8 Å². The molecule has 2 aliphatic carbocycles. The van der Waals surface area contributed by atoms with Crippen molar-refractivity contribution in [1.82, 2.24) is 4.57 Å². The van der Waals surface area contributed by atoms with Crippen LogP contribution in [0.5, 0.6) is 0 Å². The van der Waals surface area contributed by atoms with Crippen LogP contribution in [0.2, 0.25) is 0 Å². The molecule has 9 aromatic carbocycles. The summed E-state index contributed by atoms with van der Waals surface area (Å²) in [5.74, 6) is 0.300. The van der Waals surface area contributed by atoms with E-state index in [1.165, 1.54) is 105 Å². The van der Waals surface area contributed by atoms with Crippen LogP contribution in [-0.2, 0) is 0 Å². The summed E-state index contributed by atoms with van der Waals surface area (Å²) in [5, 5.41) is 2.56. The van der Waals surface area contributed by atoms with E-state index in [1.807, 2.05) is 0 Å². The minimum Gasteiger partial charge on any atom is -0.309 e. The van der Waals surface area contributed by atoms with Crippen molar-refractivity contribution in [2.75, 3.05) is 0 Å². The van der Waals surface area contributed by atoms with Crippen molar-refractivity contribution in [2.24, 2.45) is 0 Å². The average Bonchev–Trinajstić information content (AvgIpc) is 3.92. The lowest BCUT2D eigenvalue weighted by atomic mass is 9.84. The summed E-state index contributed by atoms with van der Waals surface area (Å²) in [7, 11) is 0. The Kier molecular flexibility index (Phi) is 7.12. The molecule has 1 heterocycles. The number of benzene rings is 9. The molecule has 1 atom stereocenters. The topological polar surface area (TPSA) is 4.93 Å². The number of hydrogen-bond acceptors (Lipinski definition) is 0. The van der Waals surface area contributed by atoms with Gasteiger partial charge in [0.2, 0.25) is 0 Å². The number of aromatic nitrogens is 1. The second-order valence-electron chi connectivity index (χ2n) is 15.6. The van der Waals surface area contributed by atoms with Gasteiger partial charge in [-0.3, -0.25) is 0 Å². The smallest absolute Gasteiger partial charge is 0.0541 e. The lowest BCUT2D eigenvalue weighted by Crippen LogP contribution is -2.02. The third-order valence-corrected chi connectivity index (χ3v) is 12.5. The van der Waals surface area contributed by atoms with Crippen LogP contribution in [0.15, 0.2) is 212 Å².